The third-order valence-corrected chi connectivity index (χ3v) is 5.06. The van der Waals surface area contributed by atoms with Crippen molar-refractivity contribution in [1.29, 1.82) is 0 Å². The van der Waals surface area contributed by atoms with E-state index in [1.807, 2.05) is 13.0 Å². The van der Waals surface area contributed by atoms with Gasteiger partial charge in [0.05, 0.1) is 6.04 Å². The average molecular weight is 386 g/mol. The van der Waals surface area contributed by atoms with Crippen LogP contribution in [0.3, 0.4) is 0 Å². The summed E-state index contributed by atoms with van der Waals surface area (Å²) in [7, 11) is 0. The second kappa shape index (κ2) is 9.41. The average Bonchev–Trinajstić information content (AvgIpc) is 2.55. The third-order valence-electron chi connectivity index (χ3n) is 4.50. The van der Waals surface area contributed by atoms with E-state index in [9.17, 15) is 9.59 Å². The second-order valence-electron chi connectivity index (χ2n) is 6.57. The lowest BCUT2D eigenvalue weighted by Gasteiger charge is -2.24. The van der Waals surface area contributed by atoms with E-state index >= 15 is 0 Å². The minimum atomic E-state index is -0.543. The van der Waals surface area contributed by atoms with Gasteiger partial charge in [0.25, 0.3) is 0 Å². The van der Waals surface area contributed by atoms with Crippen molar-refractivity contribution in [3.63, 3.8) is 0 Å². The Morgan fingerprint density at radius 2 is 1.80 bits per heavy atom. The molecule has 1 aromatic carbocycles. The van der Waals surface area contributed by atoms with Crippen molar-refractivity contribution in [2.24, 2.45) is 0 Å². The summed E-state index contributed by atoms with van der Waals surface area (Å²) in [5, 5.41) is 9.52. The van der Waals surface area contributed by atoms with Gasteiger partial charge in [0.2, 0.25) is 5.91 Å². The van der Waals surface area contributed by atoms with E-state index < -0.39 is 12.1 Å². The predicted molar refractivity (Wildman–Crippen MR) is 101 cm³/mol. The van der Waals surface area contributed by atoms with Crippen molar-refractivity contribution in [2.45, 2.75) is 64.1 Å². The summed E-state index contributed by atoms with van der Waals surface area (Å²) in [6, 6.07) is 4.27. The Bertz CT molecular complexity index is 618. The number of hydrogen-bond donors (Lipinski definition) is 3. The maximum atomic E-state index is 12.2. The van der Waals surface area contributed by atoms with Crippen LogP contribution in [0.15, 0.2) is 18.2 Å². The van der Waals surface area contributed by atoms with E-state index in [0.29, 0.717) is 10.0 Å². The lowest BCUT2D eigenvalue weighted by molar-refractivity contribution is -0.121. The van der Waals surface area contributed by atoms with Gasteiger partial charge in [-0.2, -0.15) is 0 Å². The highest BCUT2D eigenvalue weighted by Gasteiger charge is 2.21. The molecule has 2 atom stereocenters. The van der Waals surface area contributed by atoms with Gasteiger partial charge < -0.3 is 5.32 Å². The summed E-state index contributed by atoms with van der Waals surface area (Å²) in [6.45, 7) is 3.62. The zero-order valence-corrected chi connectivity index (χ0v) is 16.1. The second-order valence-corrected chi connectivity index (χ2v) is 7.42. The molecule has 5 nitrogen and oxygen atoms in total. The number of carbonyl (C=O) groups excluding carboxylic acids is 2. The minimum absolute atomic E-state index is 0.160. The standard InChI is InChI=1S/C18H25Cl2N3O2/c1-11(15-9-8-13(19)10-16(15)20)21-12(2)17(24)23-18(25)22-14-6-4-3-5-7-14/h8-12,14,21H,3-7H2,1-2H3,(H2,22,23,24,25). The maximum Gasteiger partial charge on any atom is 0.321 e. The van der Waals surface area contributed by atoms with Crippen LogP contribution in [-0.4, -0.2) is 24.0 Å². The molecule has 0 aliphatic heterocycles. The smallest absolute Gasteiger partial charge is 0.321 e. The number of halogens is 2. The van der Waals surface area contributed by atoms with E-state index in [-0.39, 0.29) is 18.0 Å². The van der Waals surface area contributed by atoms with E-state index in [2.05, 4.69) is 16.0 Å². The Hall–Kier alpha value is -1.30. The molecule has 1 aliphatic rings. The highest BCUT2D eigenvalue weighted by atomic mass is 35.5. The Balaban J connectivity index is 1.83. The number of urea groups is 1. The fraction of sp³-hybridized carbons (Fsp3) is 0.556. The van der Waals surface area contributed by atoms with Gasteiger partial charge in [-0.05, 0) is 44.4 Å². The largest absolute Gasteiger partial charge is 0.335 e. The SMILES string of the molecule is CC(NC(C)c1ccc(Cl)cc1Cl)C(=O)NC(=O)NC1CCCCC1. The zero-order valence-electron chi connectivity index (χ0n) is 14.6. The highest BCUT2D eigenvalue weighted by Crippen LogP contribution is 2.26. The number of nitrogens with one attached hydrogen (secondary N) is 3. The predicted octanol–water partition coefficient (Wildman–Crippen LogP) is 4.19. The Morgan fingerprint density at radius 3 is 2.44 bits per heavy atom. The first-order chi connectivity index (χ1) is 11.9. The topological polar surface area (TPSA) is 70.2 Å². The molecule has 3 N–H and O–H groups in total. The summed E-state index contributed by atoms with van der Waals surface area (Å²) in [5.41, 5.74) is 0.845. The molecule has 0 radical (unpaired) electrons. The van der Waals surface area contributed by atoms with Crippen LogP contribution < -0.4 is 16.0 Å². The molecule has 0 heterocycles. The normalized spacial score (nSPS) is 17.6. The van der Waals surface area contributed by atoms with Gasteiger partial charge in [-0.15, -0.1) is 0 Å². The van der Waals surface area contributed by atoms with Crippen LogP contribution in [0.2, 0.25) is 10.0 Å². The minimum Gasteiger partial charge on any atom is -0.335 e. The number of imide groups is 1. The molecule has 0 spiro atoms. The Kier molecular flexibility index (Phi) is 7.54. The van der Waals surface area contributed by atoms with E-state index in [0.717, 1.165) is 31.2 Å². The summed E-state index contributed by atoms with van der Waals surface area (Å²) in [4.78, 5) is 24.2. The lowest BCUT2D eigenvalue weighted by atomic mass is 9.96. The Labute approximate surface area is 158 Å². The van der Waals surface area contributed by atoms with E-state index in [1.54, 1.807) is 19.1 Å². The molecule has 1 aliphatic carbocycles. The summed E-state index contributed by atoms with van der Waals surface area (Å²) < 4.78 is 0. The number of carbonyl (C=O) groups is 2. The van der Waals surface area contributed by atoms with Gasteiger partial charge in [-0.3, -0.25) is 15.4 Å². The summed E-state index contributed by atoms with van der Waals surface area (Å²) >= 11 is 12.1. The van der Waals surface area contributed by atoms with Crippen LogP contribution in [0, 0.1) is 0 Å². The molecule has 2 rings (SSSR count). The number of hydrogen-bond acceptors (Lipinski definition) is 3. The molecule has 7 heteroatoms. The molecule has 0 aromatic heterocycles. The quantitative estimate of drug-likeness (QED) is 0.711. The zero-order chi connectivity index (χ0) is 18.4. The van der Waals surface area contributed by atoms with Crippen LogP contribution in [0.1, 0.15) is 57.6 Å². The van der Waals surface area contributed by atoms with Crippen molar-refractivity contribution in [1.82, 2.24) is 16.0 Å². The molecule has 3 amide bonds. The molecule has 0 bridgehead atoms. The lowest BCUT2D eigenvalue weighted by Crippen LogP contribution is -2.50. The molecule has 2 unspecified atom stereocenters. The van der Waals surface area contributed by atoms with Gasteiger partial charge in [0, 0.05) is 22.1 Å². The molecule has 0 saturated heterocycles. The first kappa shape index (κ1) is 20.0. The molecular weight excluding hydrogens is 361 g/mol. The van der Waals surface area contributed by atoms with Gasteiger partial charge in [0.15, 0.2) is 0 Å². The third kappa shape index (κ3) is 6.17. The van der Waals surface area contributed by atoms with Crippen LogP contribution in [-0.2, 0) is 4.79 Å². The molecule has 138 valence electrons. The summed E-state index contributed by atoms with van der Waals surface area (Å²) in [5.74, 6) is -0.370. The Morgan fingerprint density at radius 1 is 1.12 bits per heavy atom. The highest BCUT2D eigenvalue weighted by molar-refractivity contribution is 6.35. The van der Waals surface area contributed by atoms with Crippen LogP contribution >= 0.6 is 23.2 Å². The maximum absolute atomic E-state index is 12.2. The molecule has 25 heavy (non-hydrogen) atoms. The van der Waals surface area contributed by atoms with Gasteiger partial charge in [-0.25, -0.2) is 4.79 Å². The molecular formula is C18H25Cl2N3O2. The fourth-order valence-corrected chi connectivity index (χ4v) is 3.65. The van der Waals surface area contributed by atoms with Crippen molar-refractivity contribution in [2.75, 3.05) is 0 Å². The molecule has 1 aromatic rings. The van der Waals surface area contributed by atoms with Crippen molar-refractivity contribution in [3.05, 3.63) is 33.8 Å². The number of amides is 3. The van der Waals surface area contributed by atoms with Crippen LogP contribution in [0.4, 0.5) is 4.79 Å². The first-order valence-corrected chi connectivity index (χ1v) is 9.44. The van der Waals surface area contributed by atoms with Crippen molar-refractivity contribution in [3.8, 4) is 0 Å². The number of rotatable bonds is 5. The van der Waals surface area contributed by atoms with E-state index in [1.165, 1.54) is 6.42 Å². The molecule has 1 fully saturated rings. The summed E-state index contributed by atoms with van der Waals surface area (Å²) in [6.07, 6.45) is 5.40. The van der Waals surface area contributed by atoms with Crippen LogP contribution in [0.5, 0.6) is 0 Å². The number of benzene rings is 1. The molecule has 1 saturated carbocycles. The first-order valence-electron chi connectivity index (χ1n) is 8.69. The fourth-order valence-electron chi connectivity index (χ4n) is 3.08. The van der Waals surface area contributed by atoms with Crippen molar-refractivity contribution >= 4 is 35.1 Å². The van der Waals surface area contributed by atoms with Crippen LogP contribution in [0.25, 0.3) is 0 Å². The van der Waals surface area contributed by atoms with E-state index in [4.69, 9.17) is 23.2 Å². The van der Waals surface area contributed by atoms with Crippen molar-refractivity contribution < 1.29 is 9.59 Å². The van der Waals surface area contributed by atoms with Gasteiger partial charge in [-0.1, -0.05) is 48.5 Å². The monoisotopic (exact) mass is 385 g/mol. The van der Waals surface area contributed by atoms with Gasteiger partial charge in [0.1, 0.15) is 0 Å². The van der Waals surface area contributed by atoms with Gasteiger partial charge >= 0.3 is 6.03 Å².